The molecule has 7 heteroatoms. The second-order valence-corrected chi connectivity index (χ2v) is 2.34. The smallest absolute Gasteiger partial charge is 0.344 e. The Labute approximate surface area is 59.9 Å². The van der Waals surface area contributed by atoms with Crippen molar-refractivity contribution in [2.24, 2.45) is 0 Å². The van der Waals surface area contributed by atoms with Gasteiger partial charge >= 0.3 is 10.4 Å². The Bertz CT molecular complexity index is 152. The first-order chi connectivity index (χ1) is 4.12. The average Bonchev–Trinajstić information content (AvgIpc) is 1.84. The van der Waals surface area contributed by atoms with Gasteiger partial charge in [-0.25, -0.2) is 9.07 Å². The van der Waals surface area contributed by atoms with Crippen molar-refractivity contribution >= 4 is 10.4 Å². The molecule has 0 aromatic carbocycles. The number of hydrogen-bond donors (Lipinski definition) is 1. The summed E-state index contributed by atoms with van der Waals surface area (Å²) in [6, 6.07) is 0. The summed E-state index contributed by atoms with van der Waals surface area (Å²) in [6.45, 7) is 1.74. The van der Waals surface area contributed by atoms with Crippen LogP contribution in [0, 0.1) is 0 Å². The van der Waals surface area contributed by atoms with Crippen molar-refractivity contribution in [1.82, 2.24) is 6.15 Å². The lowest BCUT2D eigenvalue weighted by Crippen LogP contribution is -2.07. The van der Waals surface area contributed by atoms with Crippen molar-refractivity contribution in [2.45, 2.75) is 6.92 Å². The van der Waals surface area contributed by atoms with E-state index in [1.165, 1.54) is 0 Å². The minimum Gasteiger partial charge on any atom is -0.344 e. The molecular weight excluding hydrogens is 162 g/mol. The predicted molar refractivity (Wildman–Crippen MR) is 33.7 cm³/mol. The van der Waals surface area contributed by atoms with Crippen LogP contribution < -0.4 is 6.15 Å². The summed E-state index contributed by atoms with van der Waals surface area (Å²) in [6.07, 6.45) is 0. The molecule has 0 aliphatic heterocycles. The molecule has 0 spiro atoms. The first-order valence-corrected chi connectivity index (χ1v) is 3.57. The van der Waals surface area contributed by atoms with Crippen molar-refractivity contribution in [3.63, 3.8) is 0 Å². The summed E-state index contributed by atoms with van der Waals surface area (Å²) in [5.41, 5.74) is 0. The van der Waals surface area contributed by atoms with E-state index in [4.69, 9.17) is 0 Å². The van der Waals surface area contributed by atoms with Crippen LogP contribution in [-0.2, 0) is 23.8 Å². The second-order valence-electron chi connectivity index (χ2n) is 1.05. The number of rotatable bonds is 4. The molecule has 0 aromatic heterocycles. The van der Waals surface area contributed by atoms with E-state index >= 15 is 0 Å². The Morgan fingerprint density at radius 1 is 1.40 bits per heavy atom. The molecule has 0 saturated heterocycles. The molecule has 0 amide bonds. The average molecular weight is 173 g/mol. The summed E-state index contributed by atoms with van der Waals surface area (Å²) >= 11 is 0. The van der Waals surface area contributed by atoms with E-state index in [0.29, 0.717) is 0 Å². The third-order valence-corrected chi connectivity index (χ3v) is 1.12. The maximum absolute atomic E-state index is 10.2. The summed E-state index contributed by atoms with van der Waals surface area (Å²) in [7, 11) is -2.92. The molecule has 0 aliphatic rings. The lowest BCUT2D eigenvalue weighted by Gasteiger charge is -1.97. The summed E-state index contributed by atoms with van der Waals surface area (Å²) < 4.78 is 28.0. The van der Waals surface area contributed by atoms with Crippen LogP contribution in [-0.4, -0.2) is 22.1 Å². The Morgan fingerprint density at radius 3 is 2.20 bits per heavy atom. The molecule has 0 atom stereocenters. The van der Waals surface area contributed by atoms with Crippen LogP contribution in [0.5, 0.6) is 0 Å². The molecule has 3 N–H and O–H groups in total. The van der Waals surface area contributed by atoms with Crippen molar-refractivity contribution in [3.8, 4) is 0 Å². The van der Waals surface area contributed by atoms with E-state index in [0.717, 1.165) is 7.11 Å². The van der Waals surface area contributed by atoms with Gasteiger partial charge < -0.3 is 6.15 Å². The largest absolute Gasteiger partial charge is 0.426 e. The zero-order valence-corrected chi connectivity index (χ0v) is 6.68. The highest BCUT2D eigenvalue weighted by Gasteiger charge is 2.07. The topological polar surface area (TPSA) is 96.8 Å². The summed E-state index contributed by atoms with van der Waals surface area (Å²) in [4.78, 5) is 4.08. The van der Waals surface area contributed by atoms with E-state index < -0.39 is 10.4 Å². The van der Waals surface area contributed by atoms with E-state index in [2.05, 4.69) is 13.4 Å². The molecule has 0 saturated carbocycles. The van der Waals surface area contributed by atoms with E-state index in [1.54, 1.807) is 6.92 Å². The van der Waals surface area contributed by atoms with Crippen LogP contribution in [0.15, 0.2) is 0 Å². The van der Waals surface area contributed by atoms with Gasteiger partial charge in [0.1, 0.15) is 0 Å². The molecule has 0 radical (unpaired) electrons. The van der Waals surface area contributed by atoms with Crippen molar-refractivity contribution < 1.29 is 21.8 Å². The zero-order valence-electron chi connectivity index (χ0n) is 5.86. The molecule has 0 unspecified atom stereocenters. The summed E-state index contributed by atoms with van der Waals surface area (Å²) in [5.74, 6) is 0. The van der Waals surface area contributed by atoms with E-state index in [-0.39, 0.29) is 12.8 Å². The van der Waals surface area contributed by atoms with Gasteiger partial charge in [0.15, 0.2) is 0 Å². The summed E-state index contributed by atoms with van der Waals surface area (Å²) in [5, 5.41) is 0. The molecule has 0 bridgehead atoms. The first-order valence-electron chi connectivity index (χ1n) is 2.24. The zero-order chi connectivity index (χ0) is 7.33. The van der Waals surface area contributed by atoms with Crippen LogP contribution in [0.4, 0.5) is 0 Å². The Kier molecular flexibility index (Phi) is 6.94. The van der Waals surface area contributed by atoms with Crippen LogP contribution in [0.25, 0.3) is 0 Å². The highest BCUT2D eigenvalue weighted by atomic mass is 32.3. The lowest BCUT2D eigenvalue weighted by atomic mass is 10.9. The second kappa shape index (κ2) is 5.57. The van der Waals surface area contributed by atoms with Crippen LogP contribution in [0.3, 0.4) is 0 Å². The van der Waals surface area contributed by atoms with Crippen LogP contribution in [0.2, 0.25) is 0 Å². The molecule has 10 heavy (non-hydrogen) atoms. The van der Waals surface area contributed by atoms with Gasteiger partial charge in [-0.2, -0.15) is 8.42 Å². The molecule has 0 rings (SSSR count). The fourth-order valence-electron chi connectivity index (χ4n) is 0.135. The van der Waals surface area contributed by atoms with Crippen molar-refractivity contribution in [1.29, 1.82) is 0 Å². The van der Waals surface area contributed by atoms with Crippen molar-refractivity contribution in [3.05, 3.63) is 0 Å². The first kappa shape index (κ1) is 12.5. The standard InChI is InChI=1S/C3H8O5S.H3N/c1-3-7-8-9(4,5)6-2;/h3H2,1-2H3;1H3. The minimum atomic E-state index is -3.90. The predicted octanol–water partition coefficient (Wildman–Crippen LogP) is 0.00770. The molecule has 0 heterocycles. The quantitative estimate of drug-likeness (QED) is 0.475. The SMILES string of the molecule is CCOOS(=O)(=O)OC.N. The van der Waals surface area contributed by atoms with Gasteiger partial charge in [0.05, 0.1) is 13.7 Å². The molecule has 0 fully saturated rings. The Balaban J connectivity index is 0. The highest BCUT2D eigenvalue weighted by Crippen LogP contribution is 1.92. The Morgan fingerprint density at radius 2 is 1.90 bits per heavy atom. The third kappa shape index (κ3) is 5.92. The van der Waals surface area contributed by atoms with Crippen LogP contribution in [0.1, 0.15) is 6.92 Å². The maximum atomic E-state index is 10.2. The third-order valence-electron chi connectivity index (χ3n) is 0.453. The van der Waals surface area contributed by atoms with E-state index in [1.807, 2.05) is 0 Å². The minimum absolute atomic E-state index is 0. The lowest BCUT2D eigenvalue weighted by molar-refractivity contribution is -0.204. The van der Waals surface area contributed by atoms with Gasteiger partial charge in [-0.3, -0.25) is 0 Å². The monoisotopic (exact) mass is 173 g/mol. The Hall–Kier alpha value is -0.210. The van der Waals surface area contributed by atoms with E-state index in [9.17, 15) is 8.42 Å². The van der Waals surface area contributed by atoms with Gasteiger partial charge in [0.2, 0.25) is 0 Å². The van der Waals surface area contributed by atoms with Gasteiger partial charge in [0, 0.05) is 0 Å². The molecule has 6 nitrogen and oxygen atoms in total. The van der Waals surface area contributed by atoms with Crippen LogP contribution >= 0.6 is 0 Å². The molecule has 0 aromatic rings. The number of hydrogen-bond acceptors (Lipinski definition) is 6. The fraction of sp³-hybridized carbons (Fsp3) is 1.00. The van der Waals surface area contributed by atoms with Crippen molar-refractivity contribution in [2.75, 3.05) is 13.7 Å². The maximum Gasteiger partial charge on any atom is 0.426 e. The van der Waals surface area contributed by atoms with Gasteiger partial charge in [-0.1, -0.05) is 4.33 Å². The van der Waals surface area contributed by atoms with Gasteiger partial charge in [-0.05, 0) is 6.92 Å². The van der Waals surface area contributed by atoms with Gasteiger partial charge in [0.25, 0.3) is 0 Å². The molecule has 0 aliphatic carbocycles. The fourth-order valence-corrected chi connectivity index (χ4v) is 0.404. The van der Waals surface area contributed by atoms with Gasteiger partial charge in [-0.15, -0.1) is 0 Å². The highest BCUT2D eigenvalue weighted by molar-refractivity contribution is 7.81. The molecular formula is C3H11NO5S. The molecule has 64 valence electrons. The normalized spacial score (nSPS) is 10.6.